The average Bonchev–Trinajstić information content (AvgIpc) is 0.979. The number of rotatable bonds is 51. The van der Waals surface area contributed by atoms with Crippen LogP contribution >= 0.6 is 0 Å². The second kappa shape index (κ2) is 49.2. The molecule has 15 amide bonds. The summed E-state index contributed by atoms with van der Waals surface area (Å²) in [6, 6.07) is 11.0. The third-order valence-corrected chi connectivity index (χ3v) is 22.3. The smallest absolute Gasteiger partial charge is 0.408 e. The van der Waals surface area contributed by atoms with Gasteiger partial charge in [0.2, 0.25) is 53.2 Å². The van der Waals surface area contributed by atoms with Crippen LogP contribution < -0.4 is 73.4 Å². The molecule has 0 bridgehead atoms. The first-order valence-corrected chi connectivity index (χ1v) is 43.1. The summed E-state index contributed by atoms with van der Waals surface area (Å²) in [4.78, 5) is 200. The lowest BCUT2D eigenvalue weighted by molar-refractivity contribution is -0.138. The number of carbonyl (C=O) groups excluding carboxylic acids is 14. The standard InChI is InChI=1S/C86H118N18O22/c1-6-66-83(116)100(4)68-51-90-85(99-76(68)104(66)59-12-7-8-13-59)95-63-23-20-56(50-69(63)119-5)77(110)91-58-28-34-101(35-29-58)37-41-120-38-11-17-65(79(112)93-62-15-9-14-60-61(62)52-103(82(60)115)67-24-25-71(106)98-80(67)113)96-86(118)126-53-55-18-21-57(22-19-55)92-78(111)64(16-10-32-89-84(87)117)94-81(114)75(54(2)3)97-72(107)31-39-121-42-44-123-46-48-125-49-47-124-45-43-122-40-33-88-70(105)30-36-102-73(108)26-27-74(102)109/h9,14-15,18-23,26-27,50-51,54,58-59,64-67,75H,6-8,10-13,16-17,24-25,28-49,52-53H2,1-5H3,(H,88,105)(H,91,110)(H,92,111)(H,93,112)(H,94,114)(H,96,118)(H,97,107)(H3,87,89,117)(H,90,95,99)(H,98,106,113)/t64-,65?,66+,67?,75-/m0/s1. The summed E-state index contributed by atoms with van der Waals surface area (Å²) in [6.45, 7) is 10.6. The van der Waals surface area contributed by atoms with Crippen molar-refractivity contribution in [3.05, 3.63) is 101 Å². The number of hydrogen-bond donors (Lipinski definition) is 11. The van der Waals surface area contributed by atoms with Crippen molar-refractivity contribution in [2.75, 3.05) is 158 Å². The maximum absolute atomic E-state index is 14.4. The number of fused-ring (bicyclic) bond motifs is 2. The third kappa shape index (κ3) is 28.6. The highest BCUT2D eigenvalue weighted by molar-refractivity contribution is 6.13. The molecule has 40 nitrogen and oxygen atoms in total. The maximum atomic E-state index is 14.4. The van der Waals surface area contributed by atoms with Crippen molar-refractivity contribution in [2.45, 2.75) is 173 Å². The second-order valence-corrected chi connectivity index (χ2v) is 31.5. The number of primary amides is 1. The number of hydrogen-bond acceptors (Lipinski definition) is 27. The molecule has 0 spiro atoms. The molecule has 684 valence electrons. The molecular weight excluding hydrogens is 1640 g/mol. The number of nitrogens with one attached hydrogen (secondary N) is 10. The van der Waals surface area contributed by atoms with Gasteiger partial charge in [0.05, 0.1) is 91.7 Å². The average molecular weight is 1760 g/mol. The van der Waals surface area contributed by atoms with Gasteiger partial charge in [-0.05, 0) is 118 Å². The number of ether oxygens (including phenoxy) is 8. The summed E-state index contributed by atoms with van der Waals surface area (Å²) >= 11 is 0. The Kier molecular flexibility index (Phi) is 37.6. The second-order valence-electron chi connectivity index (χ2n) is 31.5. The number of likely N-dealkylation sites (tertiary alicyclic amines) is 1. The quantitative estimate of drug-likeness (QED) is 0.0223. The number of benzene rings is 3. The molecule has 6 heterocycles. The normalized spacial score (nSPS) is 17.3. The van der Waals surface area contributed by atoms with Crippen LogP contribution in [-0.4, -0.2) is 283 Å². The van der Waals surface area contributed by atoms with E-state index in [1.807, 2.05) is 6.92 Å². The van der Waals surface area contributed by atoms with Crippen molar-refractivity contribution in [2.24, 2.45) is 11.7 Å². The molecule has 3 fully saturated rings. The Hall–Kier alpha value is -11.8. The summed E-state index contributed by atoms with van der Waals surface area (Å²) in [5.74, 6) is -4.19. The lowest BCUT2D eigenvalue weighted by Crippen LogP contribution is -2.55. The van der Waals surface area contributed by atoms with Gasteiger partial charge in [-0.1, -0.05) is 51.8 Å². The van der Waals surface area contributed by atoms with Crippen LogP contribution in [0.1, 0.15) is 149 Å². The van der Waals surface area contributed by atoms with E-state index in [0.717, 1.165) is 30.6 Å². The van der Waals surface area contributed by atoms with Crippen molar-refractivity contribution in [3.63, 3.8) is 0 Å². The first kappa shape index (κ1) is 96.4. The Morgan fingerprint density at radius 1 is 0.659 bits per heavy atom. The lowest BCUT2D eigenvalue weighted by atomic mass is 10.0. The minimum atomic E-state index is -1.19. The minimum Gasteiger partial charge on any atom is -0.495 e. The SMILES string of the molecule is CC[C@@H]1C(=O)N(C)c2cnc(Nc3ccc(C(=O)NC4CCN(CCOCCCC(NC(=O)OCc5ccc(NC(=O)[C@H](CCCNC(N)=O)NC(=O)[C@@H](NC(=O)CCOCCOCCOCCOCCOCCNC(=O)CCN6C(=O)C=CC6=O)C(C)C)cc5)C(=O)Nc5cccc6c5CN(C5CCC(=O)NC5=O)C6=O)CC4)cc3OC)nc2N1C1CCCC1. The monoisotopic (exact) mass is 1750 g/mol. The Morgan fingerprint density at radius 3 is 1.98 bits per heavy atom. The Labute approximate surface area is 730 Å². The largest absolute Gasteiger partial charge is 0.495 e. The fourth-order valence-electron chi connectivity index (χ4n) is 15.4. The van der Waals surface area contributed by atoms with Crippen LogP contribution in [0.4, 0.5) is 44.1 Å². The van der Waals surface area contributed by atoms with E-state index in [0.29, 0.717) is 136 Å². The molecule has 40 heteroatoms. The molecule has 10 rings (SSSR count). The number of aromatic nitrogens is 2. The molecule has 3 aromatic carbocycles. The highest BCUT2D eigenvalue weighted by Gasteiger charge is 2.43. The zero-order valence-electron chi connectivity index (χ0n) is 72.1. The fraction of sp³-hybridized carbons (Fsp3) is 0.558. The summed E-state index contributed by atoms with van der Waals surface area (Å²) in [7, 11) is 3.29. The summed E-state index contributed by atoms with van der Waals surface area (Å²) in [6.07, 6.45) is 10.0. The predicted molar refractivity (Wildman–Crippen MR) is 459 cm³/mol. The van der Waals surface area contributed by atoms with E-state index >= 15 is 0 Å². The fourth-order valence-corrected chi connectivity index (χ4v) is 15.4. The van der Waals surface area contributed by atoms with Crippen LogP contribution in [-0.2, 0) is 94.3 Å². The number of urea groups is 1. The third-order valence-electron chi connectivity index (χ3n) is 22.3. The van der Waals surface area contributed by atoms with Crippen molar-refractivity contribution in [3.8, 4) is 5.75 Å². The van der Waals surface area contributed by atoms with E-state index in [9.17, 15) is 67.1 Å². The summed E-state index contributed by atoms with van der Waals surface area (Å²) < 4.78 is 45.1. The van der Waals surface area contributed by atoms with Gasteiger partial charge in [-0.2, -0.15) is 4.98 Å². The van der Waals surface area contributed by atoms with Crippen molar-refractivity contribution >= 4 is 118 Å². The van der Waals surface area contributed by atoms with Crippen LogP contribution in [0.15, 0.2) is 79.0 Å². The van der Waals surface area contributed by atoms with E-state index in [2.05, 4.69) is 68.0 Å². The molecule has 5 aliphatic heterocycles. The van der Waals surface area contributed by atoms with Gasteiger partial charge < -0.3 is 111 Å². The van der Waals surface area contributed by atoms with Crippen molar-refractivity contribution in [1.82, 2.24) is 61.9 Å². The van der Waals surface area contributed by atoms with E-state index < -0.39 is 95.4 Å². The minimum absolute atomic E-state index is 0.00520. The zero-order valence-corrected chi connectivity index (χ0v) is 72.1. The van der Waals surface area contributed by atoms with Gasteiger partial charge in [-0.15, -0.1) is 0 Å². The van der Waals surface area contributed by atoms with Crippen LogP contribution in [0.3, 0.4) is 0 Å². The van der Waals surface area contributed by atoms with E-state index in [4.69, 9.17) is 48.6 Å². The molecule has 1 saturated carbocycles. The van der Waals surface area contributed by atoms with E-state index in [1.165, 1.54) is 24.2 Å². The van der Waals surface area contributed by atoms with Crippen LogP contribution in [0.2, 0.25) is 0 Å². The number of methoxy groups -OCH3 is 1. The van der Waals surface area contributed by atoms with Crippen LogP contribution in [0, 0.1) is 5.92 Å². The van der Waals surface area contributed by atoms with Crippen LogP contribution in [0.25, 0.3) is 0 Å². The van der Waals surface area contributed by atoms with Crippen molar-refractivity contribution in [1.29, 1.82) is 0 Å². The molecule has 1 aliphatic carbocycles. The zero-order chi connectivity index (χ0) is 90.0. The number of likely N-dealkylation sites (N-methyl/N-ethyl adjacent to an activating group) is 1. The Bertz CT molecular complexity index is 4470. The van der Waals surface area contributed by atoms with Gasteiger partial charge in [-0.25, -0.2) is 14.6 Å². The topological polar surface area (TPSA) is 501 Å². The molecule has 4 aromatic rings. The van der Waals surface area contributed by atoms with E-state index in [-0.39, 0.29) is 164 Å². The highest BCUT2D eigenvalue weighted by Crippen LogP contribution is 2.41. The number of nitrogens with two attached hydrogens (primary N) is 1. The van der Waals surface area contributed by atoms with Gasteiger partial charge in [0.25, 0.3) is 23.6 Å². The molecule has 2 saturated heterocycles. The number of piperidine rings is 2. The molecule has 0 radical (unpaired) electrons. The summed E-state index contributed by atoms with van der Waals surface area (Å²) in [5, 5.41) is 27.8. The van der Waals surface area contributed by atoms with Crippen LogP contribution in [0.5, 0.6) is 5.75 Å². The Balaban J connectivity index is 0.637. The number of nitrogens with zero attached hydrogens (tertiary/aromatic N) is 7. The molecular formula is C86H118N18O22. The van der Waals surface area contributed by atoms with Gasteiger partial charge in [0.15, 0.2) is 5.82 Å². The van der Waals surface area contributed by atoms with Gasteiger partial charge in [-0.3, -0.25) is 67.8 Å². The first-order chi connectivity index (χ1) is 60.9. The number of alkyl carbamates (subject to hydrolysis) is 1. The van der Waals surface area contributed by atoms with E-state index in [1.54, 1.807) is 92.7 Å². The molecule has 6 aliphatic rings. The Morgan fingerprint density at radius 2 is 1.32 bits per heavy atom. The number of imide groups is 2. The van der Waals surface area contributed by atoms with Crippen molar-refractivity contribution < 1.29 is 105 Å². The van der Waals surface area contributed by atoms with Gasteiger partial charge in [0, 0.05) is 131 Å². The number of amides is 15. The predicted octanol–water partition coefficient (Wildman–Crippen LogP) is 3.34. The summed E-state index contributed by atoms with van der Waals surface area (Å²) in [5.41, 5.74) is 8.71. The maximum Gasteiger partial charge on any atom is 0.408 e. The van der Waals surface area contributed by atoms with Gasteiger partial charge in [0.1, 0.15) is 48.3 Å². The highest BCUT2D eigenvalue weighted by atomic mass is 16.6. The molecule has 126 heavy (non-hydrogen) atoms. The molecule has 12 N–H and O–H groups in total. The first-order valence-electron chi connectivity index (χ1n) is 43.1. The molecule has 5 atom stereocenters. The molecule has 2 unspecified atom stereocenters. The number of carbonyl (C=O) groups is 14. The number of anilines is 6. The lowest BCUT2D eigenvalue weighted by Gasteiger charge is -2.43. The van der Waals surface area contributed by atoms with Gasteiger partial charge >= 0.3 is 12.1 Å². The molecule has 1 aromatic heterocycles.